The van der Waals surface area contributed by atoms with E-state index in [1.807, 2.05) is 62.5 Å². The van der Waals surface area contributed by atoms with E-state index in [2.05, 4.69) is 10.6 Å². The van der Waals surface area contributed by atoms with Crippen LogP contribution in [0.25, 0.3) is 0 Å². The van der Waals surface area contributed by atoms with Gasteiger partial charge in [-0.25, -0.2) is 0 Å². The van der Waals surface area contributed by atoms with Gasteiger partial charge in [0.1, 0.15) is 6.10 Å². The van der Waals surface area contributed by atoms with Gasteiger partial charge in [0.2, 0.25) is 0 Å². The normalized spacial score (nSPS) is 11.9. The summed E-state index contributed by atoms with van der Waals surface area (Å²) in [6.45, 7) is 6.03. The molecular weight excluding hydrogens is 392 g/mol. The van der Waals surface area contributed by atoms with Crippen LogP contribution in [0.1, 0.15) is 37.4 Å². The van der Waals surface area contributed by atoms with E-state index in [-0.39, 0.29) is 6.54 Å². The molecule has 2 aromatic heterocycles. The van der Waals surface area contributed by atoms with Gasteiger partial charge in [-0.05, 0) is 55.5 Å². The Kier molecular flexibility index (Phi) is 6.28. The number of aliphatic hydroxyl groups excluding tert-OH is 1. The molecule has 146 valence electrons. The molecule has 3 N–H and O–H groups in total. The summed E-state index contributed by atoms with van der Waals surface area (Å²) in [5.74, 6) is -1.38. The Balaban J connectivity index is 1.58. The zero-order chi connectivity index (χ0) is 20.3. The number of nitrogens with one attached hydrogen (secondary N) is 2. The van der Waals surface area contributed by atoms with Crippen LogP contribution in [0, 0.1) is 20.8 Å². The molecule has 0 aliphatic carbocycles. The number of hydrogen-bond donors (Lipinski definition) is 3. The van der Waals surface area contributed by atoms with Gasteiger partial charge in [0.05, 0.1) is 6.54 Å². The second-order valence-corrected chi connectivity index (χ2v) is 8.81. The number of benzene rings is 1. The second kappa shape index (κ2) is 8.68. The number of amides is 2. The molecule has 0 saturated heterocycles. The van der Waals surface area contributed by atoms with E-state index in [1.165, 1.54) is 22.7 Å². The number of thiophene rings is 2. The van der Waals surface area contributed by atoms with Crippen molar-refractivity contribution in [1.29, 1.82) is 0 Å². The number of hydrogen-bond acceptors (Lipinski definition) is 5. The molecule has 0 radical (unpaired) electrons. The van der Waals surface area contributed by atoms with Crippen molar-refractivity contribution in [1.82, 2.24) is 5.32 Å². The van der Waals surface area contributed by atoms with Gasteiger partial charge in [-0.2, -0.15) is 0 Å². The monoisotopic (exact) mass is 414 g/mol. The predicted molar refractivity (Wildman–Crippen MR) is 114 cm³/mol. The van der Waals surface area contributed by atoms with Crippen LogP contribution in [-0.2, 0) is 16.1 Å². The standard InChI is InChI=1S/C21H22N2O3S2/c1-12-9-13(2)18(14(3)10-12)23-21(26)20(25)22-11-15-6-7-17(28-15)19(24)16-5-4-8-27-16/h4-10,19,24H,11H2,1-3H3,(H,22,25)(H,23,26). The smallest absolute Gasteiger partial charge is 0.313 e. The lowest BCUT2D eigenvalue weighted by Gasteiger charge is -2.12. The van der Waals surface area contributed by atoms with Crippen molar-refractivity contribution in [3.8, 4) is 0 Å². The van der Waals surface area contributed by atoms with E-state index in [0.29, 0.717) is 5.69 Å². The zero-order valence-corrected chi connectivity index (χ0v) is 17.5. The molecule has 3 rings (SSSR count). The van der Waals surface area contributed by atoms with E-state index >= 15 is 0 Å². The number of anilines is 1. The quantitative estimate of drug-likeness (QED) is 0.551. The molecule has 28 heavy (non-hydrogen) atoms. The van der Waals surface area contributed by atoms with Crippen molar-refractivity contribution in [2.24, 2.45) is 0 Å². The molecular formula is C21H22N2O3S2. The Morgan fingerprint density at radius 2 is 1.75 bits per heavy atom. The molecule has 2 amide bonds. The largest absolute Gasteiger partial charge is 0.382 e. The number of carbonyl (C=O) groups is 2. The first kappa shape index (κ1) is 20.3. The lowest BCUT2D eigenvalue weighted by molar-refractivity contribution is -0.136. The van der Waals surface area contributed by atoms with Crippen molar-refractivity contribution in [3.05, 3.63) is 73.1 Å². The van der Waals surface area contributed by atoms with E-state index in [1.54, 1.807) is 0 Å². The number of rotatable bonds is 5. The summed E-state index contributed by atoms with van der Waals surface area (Å²) in [4.78, 5) is 27.0. The summed E-state index contributed by atoms with van der Waals surface area (Å²) in [7, 11) is 0. The van der Waals surface area contributed by atoms with Crippen molar-refractivity contribution in [3.63, 3.8) is 0 Å². The highest BCUT2D eigenvalue weighted by Crippen LogP contribution is 2.30. The fourth-order valence-electron chi connectivity index (χ4n) is 3.02. The van der Waals surface area contributed by atoms with Crippen LogP contribution < -0.4 is 10.6 Å². The minimum Gasteiger partial charge on any atom is -0.382 e. The van der Waals surface area contributed by atoms with Crippen LogP contribution in [0.3, 0.4) is 0 Å². The Morgan fingerprint density at radius 3 is 2.39 bits per heavy atom. The zero-order valence-electron chi connectivity index (χ0n) is 15.9. The SMILES string of the molecule is Cc1cc(C)c(NC(=O)C(=O)NCc2ccc(C(O)c3cccs3)s2)c(C)c1. The average molecular weight is 415 g/mol. The fraction of sp³-hybridized carbons (Fsp3) is 0.238. The lowest BCUT2D eigenvalue weighted by atomic mass is 10.1. The van der Waals surface area contributed by atoms with Gasteiger partial charge in [0, 0.05) is 20.3 Å². The highest BCUT2D eigenvalue weighted by Gasteiger charge is 2.17. The predicted octanol–water partition coefficient (Wildman–Crippen LogP) is 4.07. The van der Waals surface area contributed by atoms with Crippen molar-refractivity contribution in [2.75, 3.05) is 5.32 Å². The highest BCUT2D eigenvalue weighted by molar-refractivity contribution is 7.12. The van der Waals surface area contributed by atoms with Crippen LogP contribution in [0.15, 0.2) is 41.8 Å². The molecule has 0 spiro atoms. The Labute approximate surface area is 172 Å². The van der Waals surface area contributed by atoms with Crippen LogP contribution in [0.2, 0.25) is 0 Å². The topological polar surface area (TPSA) is 78.4 Å². The molecule has 1 atom stereocenters. The van der Waals surface area contributed by atoms with E-state index in [4.69, 9.17) is 0 Å². The van der Waals surface area contributed by atoms with Crippen LogP contribution in [-0.4, -0.2) is 16.9 Å². The summed E-state index contributed by atoms with van der Waals surface area (Å²) in [6.07, 6.45) is -0.662. The van der Waals surface area contributed by atoms with Crippen molar-refractivity contribution < 1.29 is 14.7 Å². The molecule has 0 saturated carbocycles. The van der Waals surface area contributed by atoms with E-state index in [0.717, 1.165) is 31.3 Å². The molecule has 1 unspecified atom stereocenters. The molecule has 0 bridgehead atoms. The molecule has 7 heteroatoms. The van der Waals surface area contributed by atoms with Crippen LogP contribution in [0.5, 0.6) is 0 Å². The average Bonchev–Trinajstić information content (AvgIpc) is 3.33. The lowest BCUT2D eigenvalue weighted by Crippen LogP contribution is -2.35. The summed E-state index contributed by atoms with van der Waals surface area (Å²) >= 11 is 2.91. The molecule has 0 aliphatic rings. The molecule has 1 aromatic carbocycles. The molecule has 2 heterocycles. The first-order valence-corrected chi connectivity index (χ1v) is 10.5. The van der Waals surface area contributed by atoms with E-state index < -0.39 is 17.9 Å². The van der Waals surface area contributed by atoms with Gasteiger partial charge in [-0.15, -0.1) is 22.7 Å². The molecule has 0 fully saturated rings. The third-order valence-corrected chi connectivity index (χ3v) is 6.37. The maximum absolute atomic E-state index is 12.2. The summed E-state index contributed by atoms with van der Waals surface area (Å²) in [6, 6.07) is 11.4. The van der Waals surface area contributed by atoms with Gasteiger partial charge < -0.3 is 15.7 Å². The van der Waals surface area contributed by atoms with Crippen molar-refractivity contribution in [2.45, 2.75) is 33.4 Å². The Morgan fingerprint density at radius 1 is 1.04 bits per heavy atom. The van der Waals surface area contributed by atoms with Gasteiger partial charge in [-0.1, -0.05) is 23.8 Å². The van der Waals surface area contributed by atoms with Crippen LogP contribution >= 0.6 is 22.7 Å². The minimum absolute atomic E-state index is 0.236. The number of aliphatic hydroxyl groups is 1. The molecule has 0 aliphatic heterocycles. The van der Waals surface area contributed by atoms with E-state index in [9.17, 15) is 14.7 Å². The molecule has 5 nitrogen and oxygen atoms in total. The molecule has 3 aromatic rings. The van der Waals surface area contributed by atoms with Crippen LogP contribution in [0.4, 0.5) is 5.69 Å². The minimum atomic E-state index is -0.689. The fourth-order valence-corrected chi connectivity index (χ4v) is 4.78. The summed E-state index contributed by atoms with van der Waals surface area (Å²) in [5, 5.41) is 17.6. The summed E-state index contributed by atoms with van der Waals surface area (Å²) < 4.78 is 0. The van der Waals surface area contributed by atoms with Gasteiger partial charge >= 0.3 is 11.8 Å². The third kappa shape index (κ3) is 4.67. The van der Waals surface area contributed by atoms with Gasteiger partial charge in [-0.3, -0.25) is 9.59 Å². The maximum Gasteiger partial charge on any atom is 0.313 e. The summed E-state index contributed by atoms with van der Waals surface area (Å²) in [5.41, 5.74) is 3.62. The number of aryl methyl sites for hydroxylation is 3. The second-order valence-electron chi connectivity index (χ2n) is 6.63. The highest BCUT2D eigenvalue weighted by atomic mass is 32.1. The Hall–Kier alpha value is -2.48. The number of carbonyl (C=O) groups excluding carboxylic acids is 2. The van der Waals surface area contributed by atoms with Gasteiger partial charge in [0.25, 0.3) is 0 Å². The van der Waals surface area contributed by atoms with Gasteiger partial charge in [0.15, 0.2) is 0 Å². The third-order valence-electron chi connectivity index (χ3n) is 4.31. The van der Waals surface area contributed by atoms with Crippen molar-refractivity contribution >= 4 is 40.2 Å². The first-order valence-electron chi connectivity index (χ1n) is 8.82. The maximum atomic E-state index is 12.2. The first-order chi connectivity index (χ1) is 13.3. The Bertz CT molecular complexity index is 970.